The van der Waals surface area contributed by atoms with Gasteiger partial charge in [0.2, 0.25) is 11.8 Å². The van der Waals surface area contributed by atoms with Crippen molar-refractivity contribution in [1.82, 2.24) is 4.90 Å². The van der Waals surface area contributed by atoms with Crippen LogP contribution in [-0.2, 0) is 19.1 Å². The fourth-order valence-corrected chi connectivity index (χ4v) is 3.49. The first-order valence-electron chi connectivity index (χ1n) is 8.49. The van der Waals surface area contributed by atoms with Crippen LogP contribution in [0.4, 0.5) is 11.4 Å². The van der Waals surface area contributed by atoms with Gasteiger partial charge in [0, 0.05) is 46.1 Å². The van der Waals surface area contributed by atoms with Gasteiger partial charge in [0.1, 0.15) is 0 Å². The van der Waals surface area contributed by atoms with Crippen LogP contribution in [0.5, 0.6) is 0 Å². The van der Waals surface area contributed by atoms with E-state index in [0.29, 0.717) is 19.6 Å². The number of nitrogens with zero attached hydrogens (tertiary/aromatic N) is 3. The Hall–Kier alpha value is -2.57. The standard InChI is InChI=1S/C18H23N3O4/c1-13(22)19-7-9-20(10-8-19)15-5-3-4-6-16(15)21-12-14(11-17(21)23)18(24)25-2/h3-6,14H,7-12H2,1-2H3. The highest BCUT2D eigenvalue weighted by molar-refractivity contribution is 6.01. The number of hydrogen-bond donors (Lipinski definition) is 0. The maximum Gasteiger partial charge on any atom is 0.311 e. The van der Waals surface area contributed by atoms with Gasteiger partial charge in [0.05, 0.1) is 24.4 Å². The number of esters is 1. The molecule has 25 heavy (non-hydrogen) atoms. The average molecular weight is 345 g/mol. The SMILES string of the molecule is COC(=O)C1CC(=O)N(c2ccccc2N2CCN(C(C)=O)CC2)C1. The third-order valence-electron chi connectivity index (χ3n) is 4.90. The number of anilines is 2. The van der Waals surface area contributed by atoms with Crippen LogP contribution in [0.25, 0.3) is 0 Å². The van der Waals surface area contributed by atoms with Crippen LogP contribution < -0.4 is 9.80 Å². The maximum absolute atomic E-state index is 12.4. The molecule has 1 atom stereocenters. The summed E-state index contributed by atoms with van der Waals surface area (Å²) in [5.41, 5.74) is 1.78. The van der Waals surface area contributed by atoms with Crippen molar-refractivity contribution in [3.8, 4) is 0 Å². The number of benzene rings is 1. The van der Waals surface area contributed by atoms with E-state index in [9.17, 15) is 14.4 Å². The first-order valence-corrected chi connectivity index (χ1v) is 8.49. The Morgan fingerprint density at radius 1 is 1.08 bits per heavy atom. The molecule has 0 radical (unpaired) electrons. The molecule has 7 heteroatoms. The minimum absolute atomic E-state index is 0.0646. The summed E-state index contributed by atoms with van der Waals surface area (Å²) >= 11 is 0. The van der Waals surface area contributed by atoms with Crippen LogP contribution in [0.1, 0.15) is 13.3 Å². The number of methoxy groups -OCH3 is 1. The molecule has 3 rings (SSSR count). The fraction of sp³-hybridized carbons (Fsp3) is 0.500. The second-order valence-corrected chi connectivity index (χ2v) is 6.41. The van der Waals surface area contributed by atoms with Gasteiger partial charge in [-0.1, -0.05) is 12.1 Å². The van der Waals surface area contributed by atoms with Crippen molar-refractivity contribution in [2.45, 2.75) is 13.3 Å². The van der Waals surface area contributed by atoms with E-state index in [2.05, 4.69) is 4.90 Å². The minimum atomic E-state index is -0.417. The second-order valence-electron chi connectivity index (χ2n) is 6.41. The van der Waals surface area contributed by atoms with E-state index < -0.39 is 5.92 Å². The quantitative estimate of drug-likeness (QED) is 0.761. The number of carbonyl (C=O) groups is 3. The van der Waals surface area contributed by atoms with E-state index in [4.69, 9.17) is 4.74 Å². The Bertz CT molecular complexity index is 683. The zero-order chi connectivity index (χ0) is 18.0. The monoisotopic (exact) mass is 345 g/mol. The van der Waals surface area contributed by atoms with E-state index in [1.807, 2.05) is 29.2 Å². The lowest BCUT2D eigenvalue weighted by Crippen LogP contribution is -2.48. The van der Waals surface area contributed by atoms with Crippen molar-refractivity contribution in [2.24, 2.45) is 5.92 Å². The Labute approximate surface area is 147 Å². The Balaban J connectivity index is 1.79. The van der Waals surface area contributed by atoms with E-state index in [1.54, 1.807) is 11.8 Å². The average Bonchev–Trinajstić information content (AvgIpc) is 3.02. The summed E-state index contributed by atoms with van der Waals surface area (Å²) in [4.78, 5) is 41.4. The summed E-state index contributed by atoms with van der Waals surface area (Å²) in [7, 11) is 1.35. The van der Waals surface area contributed by atoms with Crippen molar-refractivity contribution >= 4 is 29.2 Å². The lowest BCUT2D eigenvalue weighted by atomic mass is 10.1. The number of rotatable bonds is 3. The van der Waals surface area contributed by atoms with Crippen LogP contribution in [-0.4, -0.2) is 62.5 Å². The van der Waals surface area contributed by atoms with Gasteiger partial charge in [0.15, 0.2) is 0 Å². The highest BCUT2D eigenvalue weighted by atomic mass is 16.5. The highest BCUT2D eigenvalue weighted by Gasteiger charge is 2.37. The van der Waals surface area contributed by atoms with Gasteiger partial charge in [-0.2, -0.15) is 0 Å². The molecule has 2 amide bonds. The van der Waals surface area contributed by atoms with Crippen molar-refractivity contribution < 1.29 is 19.1 Å². The van der Waals surface area contributed by atoms with Crippen LogP contribution in [0.3, 0.4) is 0 Å². The second kappa shape index (κ2) is 7.13. The predicted octanol–water partition coefficient (Wildman–Crippen LogP) is 0.881. The summed E-state index contributed by atoms with van der Waals surface area (Å²) < 4.78 is 4.78. The third-order valence-corrected chi connectivity index (χ3v) is 4.90. The molecule has 7 nitrogen and oxygen atoms in total. The molecule has 2 heterocycles. The first kappa shape index (κ1) is 17.3. The normalized spacial score (nSPS) is 20.8. The third kappa shape index (κ3) is 3.45. The van der Waals surface area contributed by atoms with Gasteiger partial charge in [-0.05, 0) is 12.1 Å². The Kier molecular flexibility index (Phi) is 4.92. The summed E-state index contributed by atoms with van der Waals surface area (Å²) in [6.07, 6.45) is 0.180. The molecule has 2 fully saturated rings. The zero-order valence-corrected chi connectivity index (χ0v) is 14.6. The van der Waals surface area contributed by atoms with Gasteiger partial charge in [-0.15, -0.1) is 0 Å². The fourth-order valence-electron chi connectivity index (χ4n) is 3.49. The van der Waals surface area contributed by atoms with Gasteiger partial charge >= 0.3 is 5.97 Å². The van der Waals surface area contributed by atoms with Crippen LogP contribution in [0, 0.1) is 5.92 Å². The van der Waals surface area contributed by atoms with Gasteiger partial charge in [-0.3, -0.25) is 14.4 Å². The number of ether oxygens (including phenoxy) is 1. The lowest BCUT2D eigenvalue weighted by Gasteiger charge is -2.37. The number of para-hydroxylation sites is 2. The Morgan fingerprint density at radius 2 is 1.72 bits per heavy atom. The van der Waals surface area contributed by atoms with Crippen LogP contribution in [0.2, 0.25) is 0 Å². The summed E-state index contributed by atoms with van der Waals surface area (Å²) in [5.74, 6) is -0.739. The number of amides is 2. The van der Waals surface area contributed by atoms with Crippen molar-refractivity contribution in [2.75, 3.05) is 49.6 Å². The summed E-state index contributed by atoms with van der Waals surface area (Å²) in [5, 5.41) is 0. The van der Waals surface area contributed by atoms with Crippen LogP contribution >= 0.6 is 0 Å². The molecule has 134 valence electrons. The molecule has 2 aliphatic heterocycles. The van der Waals surface area contributed by atoms with Crippen molar-refractivity contribution in [1.29, 1.82) is 0 Å². The molecule has 2 aliphatic rings. The van der Waals surface area contributed by atoms with Crippen molar-refractivity contribution in [3.63, 3.8) is 0 Å². The summed E-state index contributed by atoms with van der Waals surface area (Å²) in [6.45, 7) is 4.71. The molecular weight excluding hydrogens is 322 g/mol. The largest absolute Gasteiger partial charge is 0.469 e. The first-order chi connectivity index (χ1) is 12.0. The topological polar surface area (TPSA) is 70.2 Å². The molecule has 1 aromatic rings. The molecular formula is C18H23N3O4. The molecule has 0 saturated carbocycles. The highest BCUT2D eigenvalue weighted by Crippen LogP contribution is 2.34. The molecule has 0 aromatic heterocycles. The molecule has 0 spiro atoms. The van der Waals surface area contributed by atoms with Gasteiger partial charge < -0.3 is 19.4 Å². The molecule has 1 aromatic carbocycles. The molecule has 0 aliphatic carbocycles. The smallest absolute Gasteiger partial charge is 0.311 e. The molecule has 2 saturated heterocycles. The molecule has 0 N–H and O–H groups in total. The predicted molar refractivity (Wildman–Crippen MR) is 93.4 cm³/mol. The van der Waals surface area contributed by atoms with E-state index >= 15 is 0 Å². The minimum Gasteiger partial charge on any atom is -0.469 e. The summed E-state index contributed by atoms with van der Waals surface area (Å²) in [6, 6.07) is 7.72. The number of piperazine rings is 1. The van der Waals surface area contributed by atoms with Gasteiger partial charge in [-0.25, -0.2) is 0 Å². The zero-order valence-electron chi connectivity index (χ0n) is 14.6. The molecule has 1 unspecified atom stereocenters. The number of carbonyl (C=O) groups excluding carboxylic acids is 3. The molecule has 0 bridgehead atoms. The van der Waals surface area contributed by atoms with Crippen LogP contribution in [0.15, 0.2) is 24.3 Å². The Morgan fingerprint density at radius 3 is 2.32 bits per heavy atom. The van der Waals surface area contributed by atoms with Gasteiger partial charge in [0.25, 0.3) is 0 Å². The lowest BCUT2D eigenvalue weighted by molar-refractivity contribution is -0.145. The maximum atomic E-state index is 12.4. The van der Waals surface area contributed by atoms with E-state index in [1.165, 1.54) is 7.11 Å². The van der Waals surface area contributed by atoms with E-state index in [0.717, 1.165) is 24.5 Å². The van der Waals surface area contributed by atoms with E-state index in [-0.39, 0.29) is 24.2 Å². The number of hydrogen-bond acceptors (Lipinski definition) is 5. The van der Waals surface area contributed by atoms with Crippen molar-refractivity contribution in [3.05, 3.63) is 24.3 Å².